The topological polar surface area (TPSA) is 38.9 Å². The summed E-state index contributed by atoms with van der Waals surface area (Å²) in [6.45, 7) is 4.21. The molecule has 0 bridgehead atoms. The zero-order valence-corrected chi connectivity index (χ0v) is 10.5. The highest BCUT2D eigenvalue weighted by Gasteiger charge is 2.32. The van der Waals surface area contributed by atoms with Crippen LogP contribution < -0.4 is 5.73 Å². The van der Waals surface area contributed by atoms with Gasteiger partial charge in [0.2, 0.25) is 0 Å². The van der Waals surface area contributed by atoms with E-state index < -0.39 is 11.9 Å². The third-order valence-corrected chi connectivity index (χ3v) is 3.46. The van der Waals surface area contributed by atoms with Gasteiger partial charge in [0.25, 0.3) is 0 Å². The summed E-state index contributed by atoms with van der Waals surface area (Å²) < 4.78 is 37.5. The van der Waals surface area contributed by atoms with Crippen molar-refractivity contribution in [1.29, 1.82) is 0 Å². The predicted molar refractivity (Wildman–Crippen MR) is 62.7 cm³/mol. The number of nitrogens with zero attached hydrogens (tertiary/aromatic N) is 1. The van der Waals surface area contributed by atoms with Crippen molar-refractivity contribution >= 4 is 11.8 Å². The molecule has 2 N–H and O–H groups in total. The van der Waals surface area contributed by atoms with Crippen molar-refractivity contribution in [2.24, 2.45) is 11.7 Å². The van der Waals surface area contributed by atoms with Crippen molar-refractivity contribution in [1.82, 2.24) is 4.98 Å². The minimum Gasteiger partial charge on any atom is -0.326 e. The Bertz CT molecular complexity index is 377. The average Bonchev–Trinajstić information content (AvgIpc) is 2.24. The Morgan fingerprint density at radius 2 is 2.00 bits per heavy atom. The van der Waals surface area contributed by atoms with E-state index in [0.717, 1.165) is 11.8 Å². The summed E-state index contributed by atoms with van der Waals surface area (Å²) in [7, 11) is 0. The number of hydrogen-bond acceptors (Lipinski definition) is 3. The third-order valence-electron chi connectivity index (χ3n) is 2.00. The first kappa shape index (κ1) is 14.3. The van der Waals surface area contributed by atoms with Gasteiger partial charge < -0.3 is 5.73 Å². The highest BCUT2D eigenvalue weighted by molar-refractivity contribution is 7.99. The standard InChI is InChI=1S/C11H15F3N2S/c1-7(2)6-17-10-8(5-15)3-4-9(16-10)11(12,13)14/h3-4,7H,5-6,15H2,1-2H3. The number of pyridine rings is 1. The molecule has 1 aromatic heterocycles. The zero-order chi connectivity index (χ0) is 13.1. The number of nitrogens with two attached hydrogens (primary N) is 1. The molecule has 0 radical (unpaired) electrons. The van der Waals surface area contributed by atoms with Gasteiger partial charge in [-0.2, -0.15) is 13.2 Å². The van der Waals surface area contributed by atoms with Crippen LogP contribution in [0.1, 0.15) is 25.1 Å². The molecule has 96 valence electrons. The van der Waals surface area contributed by atoms with Crippen LogP contribution in [-0.2, 0) is 12.7 Å². The van der Waals surface area contributed by atoms with Crippen LogP contribution in [0.5, 0.6) is 0 Å². The van der Waals surface area contributed by atoms with Crippen molar-refractivity contribution < 1.29 is 13.2 Å². The van der Waals surface area contributed by atoms with Crippen LogP contribution in [0.2, 0.25) is 0 Å². The van der Waals surface area contributed by atoms with Crippen molar-refractivity contribution in [3.05, 3.63) is 23.4 Å². The Morgan fingerprint density at radius 1 is 1.35 bits per heavy atom. The smallest absolute Gasteiger partial charge is 0.326 e. The molecule has 0 aliphatic heterocycles. The minimum absolute atomic E-state index is 0.200. The van der Waals surface area contributed by atoms with Gasteiger partial charge in [0.15, 0.2) is 0 Å². The molecule has 0 aliphatic rings. The summed E-state index contributed by atoms with van der Waals surface area (Å²) in [5, 5.41) is 0.385. The largest absolute Gasteiger partial charge is 0.433 e. The fourth-order valence-electron chi connectivity index (χ4n) is 1.15. The molecule has 1 rings (SSSR count). The number of rotatable bonds is 4. The van der Waals surface area contributed by atoms with Crippen LogP contribution in [-0.4, -0.2) is 10.7 Å². The fourth-order valence-corrected chi connectivity index (χ4v) is 2.14. The SMILES string of the molecule is CC(C)CSc1nc(C(F)(F)F)ccc1CN. The molecule has 0 aliphatic carbocycles. The van der Waals surface area contributed by atoms with Crippen molar-refractivity contribution in [2.75, 3.05) is 5.75 Å². The van der Waals surface area contributed by atoms with Gasteiger partial charge in [0.1, 0.15) is 10.7 Å². The summed E-state index contributed by atoms with van der Waals surface area (Å²) in [6, 6.07) is 2.38. The van der Waals surface area contributed by atoms with Gasteiger partial charge in [-0.3, -0.25) is 0 Å². The molecule has 0 spiro atoms. The van der Waals surface area contributed by atoms with E-state index in [1.807, 2.05) is 13.8 Å². The summed E-state index contributed by atoms with van der Waals surface area (Å²) >= 11 is 1.32. The lowest BCUT2D eigenvalue weighted by Gasteiger charge is -2.12. The second-order valence-corrected chi connectivity index (χ2v) is 5.08. The van der Waals surface area contributed by atoms with E-state index in [2.05, 4.69) is 4.98 Å². The van der Waals surface area contributed by atoms with Gasteiger partial charge in [-0.15, -0.1) is 11.8 Å². The molecule has 17 heavy (non-hydrogen) atoms. The molecule has 0 amide bonds. The normalized spacial score (nSPS) is 12.2. The van der Waals surface area contributed by atoms with E-state index in [4.69, 9.17) is 5.73 Å². The Balaban J connectivity index is 2.98. The summed E-state index contributed by atoms with van der Waals surface area (Å²) in [5.41, 5.74) is 5.28. The molecule has 0 saturated heterocycles. The van der Waals surface area contributed by atoms with E-state index in [9.17, 15) is 13.2 Å². The second-order valence-electron chi connectivity index (χ2n) is 4.07. The zero-order valence-electron chi connectivity index (χ0n) is 9.71. The van der Waals surface area contributed by atoms with Crippen LogP contribution in [0, 0.1) is 5.92 Å². The van der Waals surface area contributed by atoms with Gasteiger partial charge in [-0.1, -0.05) is 19.9 Å². The molecule has 1 heterocycles. The summed E-state index contributed by atoms with van der Waals surface area (Å²) in [6.07, 6.45) is -4.40. The molecule has 0 atom stereocenters. The number of halogens is 3. The molecule has 0 saturated carbocycles. The van der Waals surface area contributed by atoms with E-state index in [0.29, 0.717) is 16.5 Å². The average molecular weight is 264 g/mol. The van der Waals surface area contributed by atoms with Crippen LogP contribution in [0.25, 0.3) is 0 Å². The molecule has 1 aromatic rings. The van der Waals surface area contributed by atoms with E-state index in [-0.39, 0.29) is 6.54 Å². The van der Waals surface area contributed by atoms with Crippen LogP contribution >= 0.6 is 11.8 Å². The first-order valence-corrected chi connectivity index (χ1v) is 6.23. The summed E-state index contributed by atoms with van der Waals surface area (Å²) in [5.74, 6) is 1.11. The number of hydrogen-bond donors (Lipinski definition) is 1. The van der Waals surface area contributed by atoms with Gasteiger partial charge in [-0.05, 0) is 17.5 Å². The number of thioether (sulfide) groups is 1. The minimum atomic E-state index is -4.40. The third kappa shape index (κ3) is 4.20. The summed E-state index contributed by atoms with van der Waals surface area (Å²) in [4.78, 5) is 3.64. The quantitative estimate of drug-likeness (QED) is 0.848. The lowest BCUT2D eigenvalue weighted by Crippen LogP contribution is -2.11. The molecule has 2 nitrogen and oxygen atoms in total. The molecule has 0 aromatic carbocycles. The molecular formula is C11H15F3N2S. The molecule has 0 unspecified atom stereocenters. The van der Waals surface area contributed by atoms with Crippen molar-refractivity contribution in [3.8, 4) is 0 Å². The Hall–Kier alpha value is -0.750. The van der Waals surface area contributed by atoms with E-state index >= 15 is 0 Å². The van der Waals surface area contributed by atoms with Crippen molar-refractivity contribution in [2.45, 2.75) is 31.6 Å². The van der Waals surface area contributed by atoms with Gasteiger partial charge >= 0.3 is 6.18 Å². The fraction of sp³-hybridized carbons (Fsp3) is 0.545. The number of alkyl halides is 3. The second kappa shape index (κ2) is 5.73. The highest BCUT2D eigenvalue weighted by atomic mass is 32.2. The monoisotopic (exact) mass is 264 g/mol. The number of aromatic nitrogens is 1. The molecule has 6 heteroatoms. The Morgan fingerprint density at radius 3 is 2.47 bits per heavy atom. The predicted octanol–water partition coefficient (Wildman–Crippen LogP) is 3.31. The van der Waals surface area contributed by atoms with Crippen LogP contribution in [0.4, 0.5) is 13.2 Å². The Labute approximate surface area is 103 Å². The lowest BCUT2D eigenvalue weighted by atomic mass is 10.2. The van der Waals surface area contributed by atoms with Crippen LogP contribution in [0.15, 0.2) is 17.2 Å². The van der Waals surface area contributed by atoms with Gasteiger partial charge in [-0.25, -0.2) is 4.98 Å². The maximum absolute atomic E-state index is 12.5. The van der Waals surface area contributed by atoms with Crippen molar-refractivity contribution in [3.63, 3.8) is 0 Å². The maximum atomic E-state index is 12.5. The Kier molecular flexibility index (Phi) is 4.82. The van der Waals surface area contributed by atoms with E-state index in [1.54, 1.807) is 0 Å². The lowest BCUT2D eigenvalue weighted by molar-refractivity contribution is -0.141. The van der Waals surface area contributed by atoms with Gasteiger partial charge in [0.05, 0.1) is 0 Å². The van der Waals surface area contributed by atoms with Gasteiger partial charge in [0, 0.05) is 12.3 Å². The first-order valence-electron chi connectivity index (χ1n) is 5.24. The highest BCUT2D eigenvalue weighted by Crippen LogP contribution is 2.31. The molecular weight excluding hydrogens is 249 g/mol. The molecule has 0 fully saturated rings. The van der Waals surface area contributed by atoms with E-state index in [1.165, 1.54) is 17.8 Å². The van der Waals surface area contributed by atoms with Crippen LogP contribution in [0.3, 0.4) is 0 Å². The first-order chi connectivity index (χ1) is 7.84. The maximum Gasteiger partial charge on any atom is 0.433 e.